The minimum Gasteiger partial charge on any atom is -1.00 e. The molecule has 3 aliphatic carbocycles. The van der Waals surface area contributed by atoms with E-state index in [0.29, 0.717) is 5.92 Å². The number of hydrogen-bond acceptors (Lipinski definition) is 0. The zero-order valence-corrected chi connectivity index (χ0v) is 25.8. The Balaban J connectivity index is -0.00000157. The van der Waals surface area contributed by atoms with Gasteiger partial charge in [-0.05, 0) is 55.2 Å². The van der Waals surface area contributed by atoms with Crippen LogP contribution in [0.1, 0.15) is 104 Å². The number of rotatable bonds is 8. The van der Waals surface area contributed by atoms with Gasteiger partial charge >= 0.3 is 26.2 Å². The molecular formula is C25H41Cl4PZr. The van der Waals surface area contributed by atoms with Gasteiger partial charge in [-0.25, -0.2) is 0 Å². The van der Waals surface area contributed by atoms with Crippen molar-refractivity contribution >= 4 is 7.92 Å². The third-order valence-corrected chi connectivity index (χ3v) is 10.5. The molecular weight excluding hydrogens is 564 g/mol. The molecule has 0 N–H and O–H groups in total. The second-order valence-corrected chi connectivity index (χ2v) is 11.6. The average Bonchev–Trinajstić information content (AvgIpc) is 3.22. The Kier molecular flexibility index (Phi) is 25.2. The predicted molar refractivity (Wildman–Crippen MR) is 119 cm³/mol. The number of allylic oxidation sites excluding steroid dienone is 6. The molecule has 31 heavy (non-hydrogen) atoms. The Hall–Kier alpha value is 1.69. The number of hydrogen-bond donors (Lipinski definition) is 0. The largest absolute Gasteiger partial charge is 4.00 e. The fourth-order valence-corrected chi connectivity index (χ4v) is 9.98. The monoisotopic (exact) mass is 602 g/mol. The van der Waals surface area contributed by atoms with Crippen LogP contribution >= 0.6 is 7.92 Å². The molecule has 178 valence electrons. The molecule has 2 saturated carbocycles. The van der Waals surface area contributed by atoms with Crippen LogP contribution in [-0.4, -0.2) is 11.3 Å². The Bertz CT molecular complexity index is 494. The Morgan fingerprint density at radius 2 is 1.10 bits per heavy atom. The molecule has 0 bridgehead atoms. The van der Waals surface area contributed by atoms with E-state index in [1.54, 1.807) is 0 Å². The van der Waals surface area contributed by atoms with Crippen LogP contribution in [0.5, 0.6) is 0 Å². The zero-order chi connectivity index (χ0) is 18.2. The van der Waals surface area contributed by atoms with Crippen molar-refractivity contribution in [3.63, 3.8) is 0 Å². The van der Waals surface area contributed by atoms with Gasteiger partial charge in [-0.15, -0.1) is 0 Å². The Labute approximate surface area is 238 Å². The molecule has 0 aromatic rings. The van der Waals surface area contributed by atoms with Gasteiger partial charge in [0.2, 0.25) is 0 Å². The third-order valence-electron chi connectivity index (χ3n) is 6.78. The van der Waals surface area contributed by atoms with Crippen LogP contribution in [-0.2, 0) is 26.2 Å². The van der Waals surface area contributed by atoms with E-state index in [-0.39, 0.29) is 83.8 Å². The van der Waals surface area contributed by atoms with Crippen LogP contribution in [0.25, 0.3) is 0 Å². The van der Waals surface area contributed by atoms with Gasteiger partial charge in [0.15, 0.2) is 0 Å². The Morgan fingerprint density at radius 3 is 1.48 bits per heavy atom. The molecule has 2 fully saturated rings. The van der Waals surface area contributed by atoms with E-state index in [1.165, 1.54) is 89.9 Å². The van der Waals surface area contributed by atoms with Gasteiger partial charge in [0.25, 0.3) is 0 Å². The molecule has 0 unspecified atom stereocenters. The molecule has 6 heteroatoms. The summed E-state index contributed by atoms with van der Waals surface area (Å²) in [5.74, 6) is 0.619. The van der Waals surface area contributed by atoms with E-state index in [2.05, 4.69) is 38.2 Å². The molecule has 0 aromatic heterocycles. The summed E-state index contributed by atoms with van der Waals surface area (Å²) in [6.07, 6.45) is 30.0. The first kappa shape index (κ1) is 37.2. The van der Waals surface area contributed by atoms with Crippen molar-refractivity contribution in [1.82, 2.24) is 0 Å². The summed E-state index contributed by atoms with van der Waals surface area (Å²) < 4.78 is 0. The fourth-order valence-electron chi connectivity index (χ4n) is 5.59. The summed E-state index contributed by atoms with van der Waals surface area (Å²) in [5.41, 5.74) is 3.94. The molecule has 0 spiro atoms. The molecule has 0 saturated heterocycles. The first-order valence-electron chi connectivity index (χ1n) is 11.7. The smallest absolute Gasteiger partial charge is 1.00 e. The summed E-state index contributed by atoms with van der Waals surface area (Å²) in [4.78, 5) is 0. The van der Waals surface area contributed by atoms with Crippen molar-refractivity contribution in [2.45, 2.75) is 115 Å². The number of halogens is 4. The van der Waals surface area contributed by atoms with Crippen molar-refractivity contribution in [1.29, 1.82) is 0 Å². The van der Waals surface area contributed by atoms with Gasteiger partial charge in [-0.2, -0.15) is 0 Å². The molecule has 0 atom stereocenters. The summed E-state index contributed by atoms with van der Waals surface area (Å²) in [6.45, 7) is 4.80. The maximum Gasteiger partial charge on any atom is 4.00 e. The zero-order valence-electron chi connectivity index (χ0n) is 19.4. The minimum atomic E-state index is 0. The maximum absolute atomic E-state index is 2.47. The van der Waals surface area contributed by atoms with E-state index in [1.807, 2.05) is 10.9 Å². The maximum atomic E-state index is 2.47. The molecule has 0 amide bonds. The van der Waals surface area contributed by atoms with Crippen molar-refractivity contribution in [3.8, 4) is 0 Å². The van der Waals surface area contributed by atoms with E-state index in [0.717, 1.165) is 11.3 Å². The second-order valence-electron chi connectivity index (χ2n) is 8.76. The molecule has 0 aromatic carbocycles. The summed E-state index contributed by atoms with van der Waals surface area (Å²) >= 11 is 0. The summed E-state index contributed by atoms with van der Waals surface area (Å²) in [5, 5.41) is 1.99. The van der Waals surface area contributed by atoms with E-state index >= 15 is 0 Å². The first-order chi connectivity index (χ1) is 12.8. The minimum absolute atomic E-state index is 0. The van der Waals surface area contributed by atoms with Crippen LogP contribution in [0.15, 0.2) is 35.2 Å². The van der Waals surface area contributed by atoms with Gasteiger partial charge in [-0.3, -0.25) is 0 Å². The van der Waals surface area contributed by atoms with Crippen molar-refractivity contribution in [2.75, 3.05) is 0 Å². The standard InChI is InChI=1S/C25H41P.4ClH.Zr/c1-3-13-24(21-15-11-12-16-21)25(14-4-2)26(22-17-7-5-8-18-22)23-19-9-6-10-20-23;;;;;/h11-12,15-16,21-23H,3-10,13-14,17-20H2,1-2H3;4*1H;/q;;;;;+4/p-4. The predicted octanol–water partition coefficient (Wildman–Crippen LogP) is -3.26. The topological polar surface area (TPSA) is 0 Å². The average molecular weight is 606 g/mol. The van der Waals surface area contributed by atoms with Crippen molar-refractivity contribution in [3.05, 3.63) is 35.2 Å². The fraction of sp³-hybridized carbons (Fsp3) is 0.760. The molecule has 0 radical (unpaired) electrons. The van der Waals surface area contributed by atoms with Gasteiger partial charge in [0.05, 0.1) is 0 Å². The van der Waals surface area contributed by atoms with Crippen LogP contribution in [0.4, 0.5) is 0 Å². The first-order valence-corrected chi connectivity index (χ1v) is 13.2. The molecule has 0 nitrogen and oxygen atoms in total. The van der Waals surface area contributed by atoms with Gasteiger partial charge in [-0.1, -0.05) is 103 Å². The SMILES string of the molecule is CCCC(=C(CCC)P(C1CCCCC1)C1CCCCC1)C1C=CC=C1.[Cl-].[Cl-].[Cl-].[Cl-].[Zr+4]. The van der Waals surface area contributed by atoms with Gasteiger partial charge < -0.3 is 49.6 Å². The van der Waals surface area contributed by atoms with Crippen LogP contribution in [0.2, 0.25) is 0 Å². The Morgan fingerprint density at radius 1 is 0.677 bits per heavy atom. The van der Waals surface area contributed by atoms with Gasteiger partial charge in [0.1, 0.15) is 0 Å². The van der Waals surface area contributed by atoms with E-state index < -0.39 is 0 Å². The summed E-state index contributed by atoms with van der Waals surface area (Å²) in [6, 6.07) is 0. The van der Waals surface area contributed by atoms with Crippen molar-refractivity contribution in [2.24, 2.45) is 5.92 Å². The second kappa shape index (κ2) is 21.0. The molecule has 3 aliphatic rings. The molecule has 0 aliphatic heterocycles. The van der Waals surface area contributed by atoms with Crippen LogP contribution < -0.4 is 49.6 Å². The normalized spacial score (nSPS) is 20.0. The molecule has 0 heterocycles. The van der Waals surface area contributed by atoms with Crippen molar-refractivity contribution < 1.29 is 75.8 Å². The van der Waals surface area contributed by atoms with Gasteiger partial charge in [0, 0.05) is 5.92 Å². The van der Waals surface area contributed by atoms with Crippen LogP contribution in [0.3, 0.4) is 0 Å². The van der Waals surface area contributed by atoms with E-state index in [9.17, 15) is 0 Å². The quantitative estimate of drug-likeness (QED) is 0.255. The summed E-state index contributed by atoms with van der Waals surface area (Å²) in [7, 11) is 0.0785. The van der Waals surface area contributed by atoms with E-state index in [4.69, 9.17) is 0 Å². The molecule has 3 rings (SSSR count). The third kappa shape index (κ3) is 10.9. The van der Waals surface area contributed by atoms with Crippen LogP contribution in [0, 0.1) is 5.92 Å².